The Morgan fingerprint density at radius 1 is 0.449 bits per heavy atom. The number of hydrogen-bond acceptors (Lipinski definition) is 18. The molecule has 0 aliphatic carbocycles. The van der Waals surface area contributed by atoms with Crippen LogP contribution in [-0.2, 0) is 18.9 Å². The van der Waals surface area contributed by atoms with Crippen LogP contribution in [0.5, 0.6) is 23.0 Å². The minimum atomic E-state index is -0.993. The Labute approximate surface area is 538 Å². The minimum absolute atomic E-state index is 0. The van der Waals surface area contributed by atoms with Gasteiger partial charge in [-0.05, 0) is 203 Å². The second kappa shape index (κ2) is 34.2. The molecule has 0 aliphatic rings. The van der Waals surface area contributed by atoms with Gasteiger partial charge in [0.1, 0.15) is 56.8 Å². The number of halogens is 4. The van der Waals surface area contributed by atoms with E-state index in [2.05, 4.69) is 43.8 Å². The molecule has 0 fully saturated rings. The monoisotopic (exact) mass is 1310 g/mol. The molecular weight excluding hydrogens is 1230 g/mol. The predicted octanol–water partition coefficient (Wildman–Crippen LogP) is 18.3. The second-order valence-electron chi connectivity index (χ2n) is 22.4. The summed E-state index contributed by atoms with van der Waals surface area (Å²) < 4.78 is 31.9. The Hall–Kier alpha value is -8.70. The van der Waals surface area contributed by atoms with Gasteiger partial charge in [-0.1, -0.05) is 44.5 Å². The van der Waals surface area contributed by atoms with Crippen molar-refractivity contribution in [1.82, 2.24) is 9.97 Å². The summed E-state index contributed by atoms with van der Waals surface area (Å²) in [5, 5.41) is 5.58. The molecule has 0 saturated carbocycles. The molecule has 6 N–H and O–H groups in total. The summed E-state index contributed by atoms with van der Waals surface area (Å²) in [6.45, 7) is 23.7. The third-order valence-corrected chi connectivity index (χ3v) is 10.7. The maximum atomic E-state index is 13.0. The van der Waals surface area contributed by atoms with E-state index in [1.54, 1.807) is 182 Å². The average molecular weight is 1310 g/mol. The number of imide groups is 2. The summed E-state index contributed by atoms with van der Waals surface area (Å²) in [4.78, 5) is 106. The molecule has 4 aromatic carbocycles. The van der Waals surface area contributed by atoms with E-state index in [1.165, 1.54) is 36.5 Å². The number of nitrogens with one attached hydrogen (secondary N) is 2. The number of Topliss-reactive ketones (excluding diaryl/α,β-unsaturated/α-hetero) is 2. The number of nitrogens with zero attached hydrogens (tertiary/aromatic N) is 4. The maximum Gasteiger partial charge on any atom is 0.424 e. The van der Waals surface area contributed by atoms with Crippen LogP contribution in [-0.4, -0.2) is 79.0 Å². The van der Waals surface area contributed by atoms with E-state index in [0.717, 1.165) is 4.90 Å². The molecule has 0 unspecified atom stereocenters. The smallest absolute Gasteiger partial charge is 0.424 e. The van der Waals surface area contributed by atoms with E-state index in [1.807, 2.05) is 0 Å². The first-order chi connectivity index (χ1) is 40.8. The average Bonchev–Trinajstić information content (AvgIpc) is 0.996. The third kappa shape index (κ3) is 28.3. The lowest BCUT2D eigenvalue weighted by atomic mass is 10.2. The van der Waals surface area contributed by atoms with Gasteiger partial charge in [0.25, 0.3) is 0 Å². The van der Waals surface area contributed by atoms with Gasteiger partial charge in [0.2, 0.25) is 0 Å². The minimum Gasteiger partial charge on any atom is -0.457 e. The first-order valence-corrected chi connectivity index (χ1v) is 28.4. The summed E-state index contributed by atoms with van der Waals surface area (Å²) >= 11 is 21.3. The number of aromatic nitrogens is 2. The largest absolute Gasteiger partial charge is 0.457 e. The lowest BCUT2D eigenvalue weighted by Crippen LogP contribution is -2.44. The van der Waals surface area contributed by atoms with Gasteiger partial charge in [-0.2, -0.15) is 9.80 Å². The molecule has 2 aromatic heterocycles. The Balaban J connectivity index is 0.000000489. The van der Waals surface area contributed by atoms with Crippen LogP contribution in [0, 0.1) is 0 Å². The van der Waals surface area contributed by atoms with Gasteiger partial charge in [0, 0.05) is 60.1 Å². The van der Waals surface area contributed by atoms with E-state index >= 15 is 0 Å². The van der Waals surface area contributed by atoms with Gasteiger partial charge in [-0.15, -0.1) is 0 Å². The van der Waals surface area contributed by atoms with Crippen LogP contribution in [0.1, 0.15) is 138 Å². The molecular formula is C63H76Cl4N8O14. The van der Waals surface area contributed by atoms with Gasteiger partial charge < -0.3 is 50.5 Å². The number of rotatable bonds is 12. The van der Waals surface area contributed by atoms with Crippen molar-refractivity contribution in [3.8, 4) is 23.0 Å². The highest BCUT2D eigenvalue weighted by molar-refractivity contribution is 6.93. The number of hydrogen-bond donors (Lipinski definition) is 4. The normalized spacial score (nSPS) is 10.8. The van der Waals surface area contributed by atoms with Crippen LogP contribution in [0.3, 0.4) is 0 Å². The first kappa shape index (κ1) is 76.4. The Morgan fingerprint density at radius 2 is 0.764 bits per heavy atom. The summed E-state index contributed by atoms with van der Waals surface area (Å²) in [6, 6.07) is 28.4. The van der Waals surface area contributed by atoms with Gasteiger partial charge in [0.15, 0.2) is 11.6 Å². The molecule has 6 amide bonds. The summed E-state index contributed by atoms with van der Waals surface area (Å²) in [5.74, 6) is 2.11. The standard InChI is InChI=1S/C31H35ClN4O7.C16H23ClN2O4.C14H14N2O2.CCl2O.CH4/c1-8-26(37)24-18-22(15-16-33-24)41-21-12-9-19(10-13-21)34-27(38)35-20-11-14-23(32)25(17-20)36(28(39)42-30(2,3)4)29(40)43-31(5,6)7;1-15(2,3)22-13(20)19(14(21)23-16(4,5)6)12-9-10(18)7-8-11(12)17;1-2-14(17)13-9-12(7-8-16-13)18-11-5-3-10(15)4-6-11;2-1(3)4;/h9-18H,8H2,1-7H3,(H2,34,35,38);7-9H,18H2,1-6H3;3-9H,2,15H2,1H3;;1H4. The molecule has 2 heterocycles. The number of benzene rings is 4. The van der Waals surface area contributed by atoms with Crippen molar-refractivity contribution in [1.29, 1.82) is 0 Å². The van der Waals surface area contributed by atoms with Gasteiger partial charge in [-0.3, -0.25) is 24.4 Å². The quantitative estimate of drug-likeness (QED) is 0.0383. The summed E-state index contributed by atoms with van der Waals surface area (Å²) in [7, 11) is 0. The fourth-order valence-corrected chi connectivity index (χ4v) is 6.96. The molecule has 0 spiro atoms. The number of ether oxygens (including phenoxy) is 6. The number of nitrogen functional groups attached to an aromatic ring is 2. The number of ketones is 2. The number of carbonyl (C=O) groups is 8. The number of urea groups is 1. The molecule has 0 saturated heterocycles. The van der Waals surface area contributed by atoms with E-state index in [9.17, 15) is 33.6 Å². The molecule has 6 aromatic rings. The Bertz CT molecular complexity index is 3360. The lowest BCUT2D eigenvalue weighted by molar-refractivity contribution is 0.0408. The van der Waals surface area contributed by atoms with E-state index < -0.39 is 57.5 Å². The van der Waals surface area contributed by atoms with Crippen molar-refractivity contribution in [2.45, 2.75) is 140 Å². The first-order valence-electron chi connectivity index (χ1n) is 26.9. The van der Waals surface area contributed by atoms with Crippen LogP contribution < -0.4 is 41.4 Å². The molecule has 0 radical (unpaired) electrons. The number of anilines is 6. The van der Waals surface area contributed by atoms with Gasteiger partial charge in [-0.25, -0.2) is 24.0 Å². The van der Waals surface area contributed by atoms with Crippen molar-refractivity contribution >= 4 is 127 Å². The molecule has 26 heteroatoms. The highest BCUT2D eigenvalue weighted by atomic mass is 35.5. The second-order valence-corrected chi connectivity index (χ2v) is 24.1. The maximum absolute atomic E-state index is 13.0. The fraction of sp³-hybridized carbons (Fsp3) is 0.333. The number of amides is 6. The number of carbonyl (C=O) groups excluding carboxylic acids is 8. The summed E-state index contributed by atoms with van der Waals surface area (Å²) in [6.07, 6.45) is 0.0648. The highest BCUT2D eigenvalue weighted by Crippen LogP contribution is 2.34. The lowest BCUT2D eigenvalue weighted by Gasteiger charge is -2.29. The number of pyridine rings is 2. The Kier molecular flexibility index (Phi) is 29.3. The van der Waals surface area contributed by atoms with Crippen LogP contribution in [0.25, 0.3) is 0 Å². The van der Waals surface area contributed by atoms with Crippen LogP contribution in [0.4, 0.5) is 62.9 Å². The van der Waals surface area contributed by atoms with E-state index in [4.69, 9.17) is 67.9 Å². The predicted molar refractivity (Wildman–Crippen MR) is 349 cm³/mol. The Morgan fingerprint density at radius 3 is 1.12 bits per heavy atom. The van der Waals surface area contributed by atoms with Crippen molar-refractivity contribution in [3.63, 3.8) is 0 Å². The van der Waals surface area contributed by atoms with Gasteiger partial charge in [0.05, 0.1) is 21.4 Å². The van der Waals surface area contributed by atoms with Crippen molar-refractivity contribution in [2.24, 2.45) is 0 Å². The zero-order chi connectivity index (χ0) is 66.5. The molecule has 89 heavy (non-hydrogen) atoms. The van der Waals surface area contributed by atoms with E-state index in [0.29, 0.717) is 69.2 Å². The van der Waals surface area contributed by atoms with Crippen molar-refractivity contribution in [3.05, 3.63) is 143 Å². The zero-order valence-corrected chi connectivity index (χ0v) is 54.2. The SMILES string of the molecule is C.CC(C)(C)OC(=O)N(C(=O)OC(C)(C)C)c1cc(N)ccc1Cl.CCC(=O)c1cc(Oc2ccc(N)cc2)ccn1.CCC(=O)c1cc(Oc2ccc(NC(=O)Nc3ccc(Cl)c(N(C(=O)OC(C)(C)C)C(=O)OC(C)(C)C)c3)cc2)ccn1.O=C(Cl)Cl. The molecule has 22 nitrogen and oxygen atoms in total. The molecule has 6 rings (SSSR count). The van der Waals surface area contributed by atoms with Crippen molar-refractivity contribution < 1.29 is 66.8 Å². The molecule has 0 aliphatic heterocycles. The van der Waals surface area contributed by atoms with Crippen molar-refractivity contribution in [2.75, 3.05) is 31.9 Å². The number of nitrogens with two attached hydrogens (primary N) is 2. The fourth-order valence-electron chi connectivity index (χ4n) is 6.56. The van der Waals surface area contributed by atoms with Crippen LogP contribution >= 0.6 is 46.4 Å². The summed E-state index contributed by atoms with van der Waals surface area (Å²) in [5.41, 5.74) is 10.5. The van der Waals surface area contributed by atoms with E-state index in [-0.39, 0.29) is 46.1 Å². The molecule has 480 valence electrons. The van der Waals surface area contributed by atoms with Gasteiger partial charge >= 0.3 is 35.1 Å². The third-order valence-electron chi connectivity index (χ3n) is 10.1. The topological polar surface area (TPSA) is 300 Å². The van der Waals surface area contributed by atoms with Crippen LogP contribution in [0.2, 0.25) is 10.0 Å². The van der Waals surface area contributed by atoms with Crippen LogP contribution in [0.15, 0.2) is 122 Å². The molecule has 0 bridgehead atoms. The highest BCUT2D eigenvalue weighted by Gasteiger charge is 2.36. The zero-order valence-electron chi connectivity index (χ0n) is 51.1. The molecule has 0 atom stereocenters.